The van der Waals surface area contributed by atoms with Gasteiger partial charge in [-0.3, -0.25) is 9.78 Å². The summed E-state index contributed by atoms with van der Waals surface area (Å²) < 4.78 is 0. The maximum atomic E-state index is 12.5. The molecule has 0 N–H and O–H groups in total. The molecule has 0 aliphatic carbocycles. The van der Waals surface area contributed by atoms with Gasteiger partial charge in [0.1, 0.15) is 0 Å². The number of pyridine rings is 1. The summed E-state index contributed by atoms with van der Waals surface area (Å²) in [4.78, 5) is 16.9. The van der Waals surface area contributed by atoms with Crippen LogP contribution in [-0.4, -0.2) is 10.8 Å². The van der Waals surface area contributed by atoms with Crippen LogP contribution in [0.2, 0.25) is 0 Å². The van der Waals surface area contributed by atoms with Crippen LogP contribution < -0.4 is 0 Å². The fourth-order valence-corrected chi connectivity index (χ4v) is 2.72. The van der Waals surface area contributed by atoms with Crippen LogP contribution in [0, 0.1) is 13.8 Å². The Balaban J connectivity index is 1.96. The number of aromatic nitrogens is 1. The third kappa shape index (κ3) is 2.84. The van der Waals surface area contributed by atoms with Crippen molar-refractivity contribution >= 4 is 16.6 Å². The first-order valence-corrected chi connectivity index (χ1v) is 7.08. The zero-order valence-electron chi connectivity index (χ0n) is 12.3. The molecule has 0 saturated carbocycles. The highest BCUT2D eigenvalue weighted by atomic mass is 16.1. The van der Waals surface area contributed by atoms with Crippen LogP contribution in [0.25, 0.3) is 10.8 Å². The van der Waals surface area contributed by atoms with Crippen molar-refractivity contribution in [2.45, 2.75) is 20.3 Å². The molecule has 2 heteroatoms. The van der Waals surface area contributed by atoms with Crippen molar-refractivity contribution in [3.05, 3.63) is 77.1 Å². The molecule has 0 bridgehead atoms. The summed E-state index contributed by atoms with van der Waals surface area (Å²) >= 11 is 0. The Morgan fingerprint density at radius 3 is 2.38 bits per heavy atom. The molecule has 3 rings (SSSR count). The lowest BCUT2D eigenvalue weighted by Gasteiger charge is -2.07. The average molecular weight is 275 g/mol. The van der Waals surface area contributed by atoms with Crippen molar-refractivity contribution in [2.24, 2.45) is 0 Å². The Labute approximate surface area is 124 Å². The van der Waals surface area contributed by atoms with Gasteiger partial charge in [-0.1, -0.05) is 42.5 Å². The molecule has 3 aromatic rings. The molecule has 1 aromatic heterocycles. The van der Waals surface area contributed by atoms with E-state index in [2.05, 4.69) is 23.2 Å². The molecular weight excluding hydrogens is 258 g/mol. The van der Waals surface area contributed by atoms with E-state index in [1.807, 2.05) is 50.2 Å². The van der Waals surface area contributed by atoms with Gasteiger partial charge in [0.2, 0.25) is 0 Å². The monoisotopic (exact) mass is 275 g/mol. The molecule has 0 unspecified atom stereocenters. The number of aryl methyl sites for hydroxylation is 2. The SMILES string of the molecule is Cc1cc(C(=O)Cc2cccc3ccccc23)cc(C)n1. The molecule has 2 aromatic carbocycles. The van der Waals surface area contributed by atoms with Crippen molar-refractivity contribution < 1.29 is 4.79 Å². The number of rotatable bonds is 3. The van der Waals surface area contributed by atoms with Crippen LogP contribution in [0.15, 0.2) is 54.6 Å². The summed E-state index contributed by atoms with van der Waals surface area (Å²) in [5.41, 5.74) is 3.59. The zero-order valence-corrected chi connectivity index (χ0v) is 12.3. The molecule has 21 heavy (non-hydrogen) atoms. The number of benzene rings is 2. The van der Waals surface area contributed by atoms with Crippen LogP contribution in [0.5, 0.6) is 0 Å². The van der Waals surface area contributed by atoms with E-state index in [1.165, 1.54) is 5.39 Å². The van der Waals surface area contributed by atoms with Crippen LogP contribution in [0.3, 0.4) is 0 Å². The lowest BCUT2D eigenvalue weighted by Crippen LogP contribution is -2.05. The van der Waals surface area contributed by atoms with E-state index in [4.69, 9.17) is 0 Å². The molecule has 0 saturated heterocycles. The summed E-state index contributed by atoms with van der Waals surface area (Å²) in [5, 5.41) is 2.32. The average Bonchev–Trinajstić information content (AvgIpc) is 2.46. The molecule has 0 spiro atoms. The highest BCUT2D eigenvalue weighted by molar-refractivity contribution is 6.00. The predicted octanol–water partition coefficient (Wildman–Crippen LogP) is 4.28. The number of fused-ring (bicyclic) bond motifs is 1. The van der Waals surface area contributed by atoms with Crippen molar-refractivity contribution in [3.8, 4) is 0 Å². The second-order valence-corrected chi connectivity index (χ2v) is 5.38. The standard InChI is InChI=1S/C19H17NO/c1-13-10-17(11-14(2)20-13)19(21)12-16-8-5-7-15-6-3-4-9-18(15)16/h3-11H,12H2,1-2H3. The van der Waals surface area contributed by atoms with Gasteiger partial charge >= 0.3 is 0 Å². The van der Waals surface area contributed by atoms with Gasteiger partial charge < -0.3 is 0 Å². The van der Waals surface area contributed by atoms with Crippen molar-refractivity contribution in [3.63, 3.8) is 0 Å². The molecule has 0 aliphatic heterocycles. The number of carbonyl (C=O) groups is 1. The lowest BCUT2D eigenvalue weighted by molar-refractivity contribution is 0.0993. The second kappa shape index (κ2) is 5.49. The van der Waals surface area contributed by atoms with Crippen LogP contribution in [0.4, 0.5) is 0 Å². The Kier molecular flexibility index (Phi) is 3.53. The highest BCUT2D eigenvalue weighted by Gasteiger charge is 2.10. The van der Waals surface area contributed by atoms with Crippen LogP contribution in [-0.2, 0) is 6.42 Å². The minimum Gasteiger partial charge on any atom is -0.294 e. The predicted molar refractivity (Wildman–Crippen MR) is 85.7 cm³/mol. The fraction of sp³-hybridized carbons (Fsp3) is 0.158. The van der Waals surface area contributed by atoms with Crippen molar-refractivity contribution in [1.29, 1.82) is 0 Å². The van der Waals surface area contributed by atoms with Gasteiger partial charge in [0, 0.05) is 23.4 Å². The normalized spacial score (nSPS) is 10.8. The van der Waals surface area contributed by atoms with E-state index in [0.717, 1.165) is 27.9 Å². The first kappa shape index (κ1) is 13.5. The zero-order chi connectivity index (χ0) is 14.8. The van der Waals surface area contributed by atoms with E-state index in [1.54, 1.807) is 0 Å². The van der Waals surface area contributed by atoms with E-state index < -0.39 is 0 Å². The minimum absolute atomic E-state index is 0.139. The summed E-state index contributed by atoms with van der Waals surface area (Å²) in [6, 6.07) is 18.0. The van der Waals surface area contributed by atoms with Crippen molar-refractivity contribution in [1.82, 2.24) is 4.98 Å². The highest BCUT2D eigenvalue weighted by Crippen LogP contribution is 2.20. The molecule has 2 nitrogen and oxygen atoms in total. The summed E-state index contributed by atoms with van der Waals surface area (Å²) in [6.07, 6.45) is 0.421. The van der Waals surface area contributed by atoms with E-state index in [-0.39, 0.29) is 5.78 Å². The number of hydrogen-bond donors (Lipinski definition) is 0. The molecule has 0 aliphatic rings. The summed E-state index contributed by atoms with van der Waals surface area (Å²) in [6.45, 7) is 3.84. The first-order valence-electron chi connectivity index (χ1n) is 7.08. The maximum absolute atomic E-state index is 12.5. The Bertz CT molecular complexity index is 795. The van der Waals surface area contributed by atoms with Gasteiger partial charge in [0.15, 0.2) is 5.78 Å². The third-order valence-corrected chi connectivity index (χ3v) is 3.63. The topological polar surface area (TPSA) is 30.0 Å². The van der Waals surface area contributed by atoms with E-state index in [0.29, 0.717) is 6.42 Å². The fourth-order valence-electron chi connectivity index (χ4n) is 2.72. The third-order valence-electron chi connectivity index (χ3n) is 3.63. The minimum atomic E-state index is 0.139. The first-order chi connectivity index (χ1) is 10.1. The number of hydrogen-bond acceptors (Lipinski definition) is 2. The molecule has 0 atom stereocenters. The Hall–Kier alpha value is -2.48. The molecule has 0 fully saturated rings. The largest absolute Gasteiger partial charge is 0.294 e. The molecule has 1 heterocycles. The number of carbonyl (C=O) groups excluding carboxylic acids is 1. The van der Waals surface area contributed by atoms with E-state index >= 15 is 0 Å². The number of Topliss-reactive ketones (excluding diaryl/α,β-unsaturated/α-hetero) is 1. The summed E-state index contributed by atoms with van der Waals surface area (Å²) in [5.74, 6) is 0.139. The molecule has 0 radical (unpaired) electrons. The number of ketones is 1. The Morgan fingerprint density at radius 2 is 1.62 bits per heavy atom. The van der Waals surface area contributed by atoms with Gasteiger partial charge in [-0.2, -0.15) is 0 Å². The van der Waals surface area contributed by atoms with Crippen LogP contribution in [0.1, 0.15) is 27.3 Å². The summed E-state index contributed by atoms with van der Waals surface area (Å²) in [7, 11) is 0. The van der Waals surface area contributed by atoms with Gasteiger partial charge in [-0.15, -0.1) is 0 Å². The second-order valence-electron chi connectivity index (χ2n) is 5.38. The van der Waals surface area contributed by atoms with Gasteiger partial charge in [-0.05, 0) is 42.3 Å². The maximum Gasteiger partial charge on any atom is 0.167 e. The van der Waals surface area contributed by atoms with Gasteiger partial charge in [-0.25, -0.2) is 0 Å². The molecule has 0 amide bonds. The van der Waals surface area contributed by atoms with E-state index in [9.17, 15) is 4.79 Å². The van der Waals surface area contributed by atoms with Gasteiger partial charge in [0.25, 0.3) is 0 Å². The lowest BCUT2D eigenvalue weighted by atomic mass is 9.97. The smallest absolute Gasteiger partial charge is 0.167 e. The number of nitrogens with zero attached hydrogens (tertiary/aromatic N) is 1. The molecule has 104 valence electrons. The van der Waals surface area contributed by atoms with Gasteiger partial charge in [0.05, 0.1) is 0 Å². The van der Waals surface area contributed by atoms with Crippen LogP contribution >= 0.6 is 0 Å². The van der Waals surface area contributed by atoms with Crippen molar-refractivity contribution in [2.75, 3.05) is 0 Å². The Morgan fingerprint density at radius 1 is 0.952 bits per heavy atom. The quantitative estimate of drug-likeness (QED) is 0.668. The molecular formula is C19H17NO.